The second kappa shape index (κ2) is 5.74. The number of primary amides is 1. The van der Waals surface area contributed by atoms with E-state index in [0.29, 0.717) is 13.0 Å². The van der Waals surface area contributed by atoms with Crippen LogP contribution in [0.2, 0.25) is 0 Å². The monoisotopic (exact) mass is 262 g/mol. The van der Waals surface area contributed by atoms with Crippen LogP contribution in [0.15, 0.2) is 12.1 Å². The first kappa shape index (κ1) is 15.7. The summed E-state index contributed by atoms with van der Waals surface area (Å²) < 4.78 is 0. The highest BCUT2D eigenvalue weighted by Crippen LogP contribution is 2.31. The van der Waals surface area contributed by atoms with Crippen molar-refractivity contribution in [3.05, 3.63) is 34.4 Å². The molecule has 1 atom stereocenters. The molecule has 0 aliphatic rings. The largest absolute Gasteiger partial charge is 0.369 e. The van der Waals surface area contributed by atoms with Gasteiger partial charge in [0, 0.05) is 0 Å². The minimum Gasteiger partial charge on any atom is -0.369 e. The Morgan fingerprint density at radius 1 is 1.21 bits per heavy atom. The van der Waals surface area contributed by atoms with Crippen molar-refractivity contribution in [3.8, 4) is 0 Å². The van der Waals surface area contributed by atoms with Gasteiger partial charge in [-0.05, 0) is 54.5 Å². The molecule has 19 heavy (non-hydrogen) atoms. The van der Waals surface area contributed by atoms with Crippen LogP contribution in [-0.4, -0.2) is 12.5 Å². The summed E-state index contributed by atoms with van der Waals surface area (Å²) in [5.41, 5.74) is 15.8. The van der Waals surface area contributed by atoms with E-state index in [1.165, 1.54) is 5.56 Å². The molecule has 0 aromatic heterocycles. The fourth-order valence-corrected chi connectivity index (χ4v) is 2.55. The second-order valence-electron chi connectivity index (χ2n) is 6.31. The standard InChI is InChI=1S/C16H26N2O/c1-10-8-12(16(3,4)5)9-11(2)14(10)13(6-7-17)15(18)19/h8-9,13H,6-7,17H2,1-5H3,(H2,18,19). The summed E-state index contributed by atoms with van der Waals surface area (Å²) in [6, 6.07) is 4.32. The zero-order chi connectivity index (χ0) is 14.8. The summed E-state index contributed by atoms with van der Waals surface area (Å²) in [6.45, 7) is 11.1. The molecule has 1 unspecified atom stereocenters. The maximum atomic E-state index is 11.6. The molecule has 0 spiro atoms. The van der Waals surface area contributed by atoms with Crippen LogP contribution < -0.4 is 11.5 Å². The molecule has 0 radical (unpaired) electrons. The number of nitrogens with two attached hydrogens (primary N) is 2. The molecule has 0 bridgehead atoms. The van der Waals surface area contributed by atoms with Gasteiger partial charge in [0.15, 0.2) is 0 Å². The Hall–Kier alpha value is -1.35. The number of carbonyl (C=O) groups excluding carboxylic acids is 1. The predicted molar refractivity (Wildman–Crippen MR) is 80.2 cm³/mol. The molecule has 3 nitrogen and oxygen atoms in total. The zero-order valence-corrected chi connectivity index (χ0v) is 12.7. The van der Waals surface area contributed by atoms with E-state index in [4.69, 9.17) is 11.5 Å². The molecule has 1 rings (SSSR count). The normalized spacial score (nSPS) is 13.4. The Morgan fingerprint density at radius 3 is 2.00 bits per heavy atom. The van der Waals surface area contributed by atoms with Gasteiger partial charge in [-0.15, -0.1) is 0 Å². The van der Waals surface area contributed by atoms with E-state index in [0.717, 1.165) is 16.7 Å². The lowest BCUT2D eigenvalue weighted by Gasteiger charge is -2.24. The highest BCUT2D eigenvalue weighted by Gasteiger charge is 2.23. The molecule has 0 fully saturated rings. The van der Waals surface area contributed by atoms with E-state index >= 15 is 0 Å². The van der Waals surface area contributed by atoms with Gasteiger partial charge in [0.05, 0.1) is 5.92 Å². The van der Waals surface area contributed by atoms with Crippen molar-refractivity contribution in [2.24, 2.45) is 11.5 Å². The van der Waals surface area contributed by atoms with Crippen LogP contribution >= 0.6 is 0 Å². The number of hydrogen-bond donors (Lipinski definition) is 2. The van der Waals surface area contributed by atoms with E-state index < -0.39 is 0 Å². The number of aryl methyl sites for hydroxylation is 2. The van der Waals surface area contributed by atoms with Crippen LogP contribution in [0.1, 0.15) is 55.4 Å². The first-order chi connectivity index (χ1) is 8.68. The average Bonchev–Trinajstić information content (AvgIpc) is 2.25. The van der Waals surface area contributed by atoms with E-state index in [-0.39, 0.29) is 17.2 Å². The first-order valence-electron chi connectivity index (χ1n) is 6.79. The molecule has 106 valence electrons. The van der Waals surface area contributed by atoms with E-state index in [9.17, 15) is 4.79 Å². The van der Waals surface area contributed by atoms with Crippen LogP contribution in [0, 0.1) is 13.8 Å². The third-order valence-electron chi connectivity index (χ3n) is 3.61. The number of hydrogen-bond acceptors (Lipinski definition) is 2. The van der Waals surface area contributed by atoms with Crippen molar-refractivity contribution in [2.45, 2.75) is 52.4 Å². The van der Waals surface area contributed by atoms with Gasteiger partial charge in [-0.2, -0.15) is 0 Å². The van der Waals surface area contributed by atoms with Gasteiger partial charge in [-0.3, -0.25) is 4.79 Å². The highest BCUT2D eigenvalue weighted by atomic mass is 16.1. The van der Waals surface area contributed by atoms with Gasteiger partial charge in [0.25, 0.3) is 0 Å². The van der Waals surface area contributed by atoms with Crippen LogP contribution in [0.4, 0.5) is 0 Å². The van der Waals surface area contributed by atoms with Gasteiger partial charge < -0.3 is 11.5 Å². The number of amides is 1. The maximum absolute atomic E-state index is 11.6. The lowest BCUT2D eigenvalue weighted by Crippen LogP contribution is -2.25. The Bertz CT molecular complexity index is 449. The molecule has 0 aliphatic heterocycles. The third kappa shape index (κ3) is 3.57. The van der Waals surface area contributed by atoms with Gasteiger partial charge in [-0.1, -0.05) is 32.9 Å². The van der Waals surface area contributed by atoms with Crippen molar-refractivity contribution < 1.29 is 4.79 Å². The molecule has 0 saturated heterocycles. The second-order valence-corrected chi connectivity index (χ2v) is 6.31. The Kier molecular flexibility index (Phi) is 4.75. The first-order valence-corrected chi connectivity index (χ1v) is 6.79. The van der Waals surface area contributed by atoms with Crippen LogP contribution in [0.3, 0.4) is 0 Å². The lowest BCUT2D eigenvalue weighted by atomic mass is 9.80. The maximum Gasteiger partial charge on any atom is 0.225 e. The predicted octanol–water partition coefficient (Wildman–Crippen LogP) is 2.52. The summed E-state index contributed by atoms with van der Waals surface area (Å²) in [5, 5.41) is 0. The molecular formula is C16H26N2O. The molecule has 1 amide bonds. The van der Waals surface area contributed by atoms with Crippen LogP contribution in [-0.2, 0) is 10.2 Å². The molecule has 1 aromatic rings. The summed E-state index contributed by atoms with van der Waals surface area (Å²) in [6.07, 6.45) is 0.603. The van der Waals surface area contributed by atoms with Gasteiger partial charge >= 0.3 is 0 Å². The van der Waals surface area contributed by atoms with Crippen molar-refractivity contribution in [3.63, 3.8) is 0 Å². The molecule has 1 aromatic carbocycles. The quantitative estimate of drug-likeness (QED) is 0.875. The summed E-state index contributed by atoms with van der Waals surface area (Å²) in [7, 11) is 0. The van der Waals surface area contributed by atoms with E-state index in [2.05, 4.69) is 32.9 Å². The van der Waals surface area contributed by atoms with E-state index in [1.54, 1.807) is 0 Å². The minimum absolute atomic E-state index is 0.101. The summed E-state index contributed by atoms with van der Waals surface area (Å²) in [5.74, 6) is -0.570. The van der Waals surface area contributed by atoms with Crippen molar-refractivity contribution >= 4 is 5.91 Å². The van der Waals surface area contributed by atoms with Crippen molar-refractivity contribution in [1.29, 1.82) is 0 Å². The molecule has 0 aliphatic carbocycles. The zero-order valence-electron chi connectivity index (χ0n) is 12.7. The summed E-state index contributed by atoms with van der Waals surface area (Å²) >= 11 is 0. The van der Waals surface area contributed by atoms with Crippen LogP contribution in [0.25, 0.3) is 0 Å². The molecular weight excluding hydrogens is 236 g/mol. The smallest absolute Gasteiger partial charge is 0.225 e. The lowest BCUT2D eigenvalue weighted by molar-refractivity contribution is -0.119. The van der Waals surface area contributed by atoms with Crippen molar-refractivity contribution in [2.75, 3.05) is 6.54 Å². The highest BCUT2D eigenvalue weighted by molar-refractivity contribution is 5.83. The van der Waals surface area contributed by atoms with Gasteiger partial charge in [0.2, 0.25) is 5.91 Å². The SMILES string of the molecule is Cc1cc(C(C)(C)C)cc(C)c1C(CCN)C(N)=O. The van der Waals surface area contributed by atoms with Gasteiger partial charge in [0.1, 0.15) is 0 Å². The van der Waals surface area contributed by atoms with Crippen molar-refractivity contribution in [1.82, 2.24) is 0 Å². The molecule has 0 heterocycles. The fourth-order valence-electron chi connectivity index (χ4n) is 2.55. The third-order valence-corrected chi connectivity index (χ3v) is 3.61. The Balaban J connectivity index is 3.34. The summed E-state index contributed by atoms with van der Waals surface area (Å²) in [4.78, 5) is 11.6. The van der Waals surface area contributed by atoms with Crippen LogP contribution in [0.5, 0.6) is 0 Å². The number of rotatable bonds is 4. The Labute approximate surface area is 116 Å². The molecule has 3 heteroatoms. The Morgan fingerprint density at radius 2 is 1.68 bits per heavy atom. The van der Waals surface area contributed by atoms with Gasteiger partial charge in [-0.25, -0.2) is 0 Å². The number of carbonyl (C=O) groups is 1. The average molecular weight is 262 g/mol. The van der Waals surface area contributed by atoms with E-state index in [1.807, 2.05) is 13.8 Å². The minimum atomic E-state index is -0.292. The fraction of sp³-hybridized carbons (Fsp3) is 0.562. The molecule has 0 saturated carbocycles. The number of benzene rings is 1. The topological polar surface area (TPSA) is 69.1 Å². The molecule has 4 N–H and O–H groups in total.